The molecule has 1 heteroatoms. The number of hydrogen-bond donors (Lipinski definition) is 0. The van der Waals surface area contributed by atoms with E-state index in [4.69, 9.17) is 0 Å². The molecule has 1 heterocycles. The third-order valence-corrected chi connectivity index (χ3v) is 4.99. The first-order valence-corrected chi connectivity index (χ1v) is 9.04. The van der Waals surface area contributed by atoms with Crippen LogP contribution >= 0.6 is 0 Å². The van der Waals surface area contributed by atoms with Crippen molar-refractivity contribution in [1.82, 2.24) is 4.90 Å². The molecule has 114 valence electrons. The Kier molecular flexibility index (Phi) is 9.59. The number of likely N-dealkylation sites (tertiary alicyclic amines) is 1. The summed E-state index contributed by atoms with van der Waals surface area (Å²) in [6, 6.07) is 0. The molecule has 0 aromatic carbocycles. The van der Waals surface area contributed by atoms with Crippen LogP contribution in [0.15, 0.2) is 0 Å². The largest absolute Gasteiger partial charge is 0.303 e. The quantitative estimate of drug-likeness (QED) is 0.473. The van der Waals surface area contributed by atoms with E-state index in [9.17, 15) is 0 Å². The summed E-state index contributed by atoms with van der Waals surface area (Å²) in [5.74, 6) is 2.01. The second-order valence-corrected chi connectivity index (χ2v) is 6.55. The summed E-state index contributed by atoms with van der Waals surface area (Å²) in [5.41, 5.74) is 0. The van der Waals surface area contributed by atoms with Gasteiger partial charge in [-0.1, -0.05) is 72.1 Å². The van der Waals surface area contributed by atoms with Crippen LogP contribution in [0.4, 0.5) is 0 Å². The molecule has 1 fully saturated rings. The Hall–Kier alpha value is -0.0400. The average molecular weight is 268 g/mol. The van der Waals surface area contributed by atoms with Gasteiger partial charge in [0.1, 0.15) is 0 Å². The van der Waals surface area contributed by atoms with E-state index in [0.717, 1.165) is 11.8 Å². The molecular formula is C18H37N. The molecule has 0 bridgehead atoms. The van der Waals surface area contributed by atoms with E-state index in [1.165, 1.54) is 83.8 Å². The van der Waals surface area contributed by atoms with Gasteiger partial charge in [0.15, 0.2) is 0 Å². The SMILES string of the molecule is CCCCCCCC(CCC)[C@H]1CCCN(CC)C1. The molecule has 1 nitrogen and oxygen atoms in total. The third-order valence-electron chi connectivity index (χ3n) is 4.99. The molecule has 2 atom stereocenters. The van der Waals surface area contributed by atoms with Crippen LogP contribution in [0.25, 0.3) is 0 Å². The Balaban J connectivity index is 2.29. The Morgan fingerprint density at radius 3 is 2.42 bits per heavy atom. The van der Waals surface area contributed by atoms with Crippen molar-refractivity contribution < 1.29 is 0 Å². The molecule has 0 aromatic rings. The van der Waals surface area contributed by atoms with Crippen molar-refractivity contribution in [1.29, 1.82) is 0 Å². The molecule has 1 aliphatic rings. The first-order chi connectivity index (χ1) is 9.31. The predicted molar refractivity (Wildman–Crippen MR) is 86.6 cm³/mol. The fourth-order valence-corrected chi connectivity index (χ4v) is 3.76. The van der Waals surface area contributed by atoms with Crippen molar-refractivity contribution >= 4 is 0 Å². The highest BCUT2D eigenvalue weighted by Gasteiger charge is 2.25. The van der Waals surface area contributed by atoms with Gasteiger partial charge >= 0.3 is 0 Å². The number of unbranched alkanes of at least 4 members (excludes halogenated alkanes) is 4. The fourth-order valence-electron chi connectivity index (χ4n) is 3.76. The van der Waals surface area contributed by atoms with Crippen LogP contribution in [0.3, 0.4) is 0 Å². The van der Waals surface area contributed by atoms with E-state index in [1.807, 2.05) is 0 Å². The number of rotatable bonds is 10. The second kappa shape index (κ2) is 10.7. The van der Waals surface area contributed by atoms with Crippen LogP contribution in [0, 0.1) is 11.8 Å². The summed E-state index contributed by atoms with van der Waals surface area (Å²) in [6.45, 7) is 11.0. The van der Waals surface area contributed by atoms with Crippen LogP contribution in [-0.4, -0.2) is 24.5 Å². The molecule has 0 radical (unpaired) electrons. The molecule has 1 unspecified atom stereocenters. The lowest BCUT2D eigenvalue weighted by Gasteiger charge is -2.36. The summed E-state index contributed by atoms with van der Waals surface area (Å²) in [6.07, 6.45) is 14.5. The number of piperidine rings is 1. The molecule has 0 N–H and O–H groups in total. The molecular weight excluding hydrogens is 230 g/mol. The van der Waals surface area contributed by atoms with Gasteiger partial charge in [0.25, 0.3) is 0 Å². The number of nitrogens with zero attached hydrogens (tertiary/aromatic N) is 1. The maximum atomic E-state index is 2.67. The van der Waals surface area contributed by atoms with E-state index in [1.54, 1.807) is 0 Å². The van der Waals surface area contributed by atoms with Gasteiger partial charge in [-0.25, -0.2) is 0 Å². The summed E-state index contributed by atoms with van der Waals surface area (Å²) in [5, 5.41) is 0. The molecule has 0 aromatic heterocycles. The van der Waals surface area contributed by atoms with Gasteiger partial charge < -0.3 is 4.90 Å². The first-order valence-electron chi connectivity index (χ1n) is 9.04. The van der Waals surface area contributed by atoms with Crippen LogP contribution in [-0.2, 0) is 0 Å². The molecule has 0 spiro atoms. The van der Waals surface area contributed by atoms with Gasteiger partial charge in [0.2, 0.25) is 0 Å². The highest BCUT2D eigenvalue weighted by atomic mass is 15.1. The summed E-state index contributed by atoms with van der Waals surface area (Å²) in [4.78, 5) is 2.67. The normalized spacial score (nSPS) is 22.6. The molecule has 19 heavy (non-hydrogen) atoms. The van der Waals surface area contributed by atoms with Crippen LogP contribution in [0.5, 0.6) is 0 Å². The smallest absolute Gasteiger partial charge is 0.00122 e. The van der Waals surface area contributed by atoms with Gasteiger partial charge in [0, 0.05) is 6.54 Å². The maximum Gasteiger partial charge on any atom is 0.00122 e. The van der Waals surface area contributed by atoms with Crippen molar-refractivity contribution in [3.8, 4) is 0 Å². The van der Waals surface area contributed by atoms with E-state index in [-0.39, 0.29) is 0 Å². The third kappa shape index (κ3) is 6.79. The second-order valence-electron chi connectivity index (χ2n) is 6.55. The molecule has 0 aliphatic carbocycles. The Morgan fingerprint density at radius 1 is 0.947 bits per heavy atom. The van der Waals surface area contributed by atoms with Crippen molar-refractivity contribution in [2.24, 2.45) is 11.8 Å². The highest BCUT2D eigenvalue weighted by molar-refractivity contribution is 4.78. The van der Waals surface area contributed by atoms with Crippen molar-refractivity contribution in [3.05, 3.63) is 0 Å². The lowest BCUT2D eigenvalue weighted by Crippen LogP contribution is -2.38. The van der Waals surface area contributed by atoms with Gasteiger partial charge in [-0.05, 0) is 37.8 Å². The van der Waals surface area contributed by atoms with E-state index in [2.05, 4.69) is 25.7 Å². The molecule has 0 saturated carbocycles. The average Bonchev–Trinajstić information content (AvgIpc) is 2.46. The highest BCUT2D eigenvalue weighted by Crippen LogP contribution is 2.31. The molecule has 1 aliphatic heterocycles. The van der Waals surface area contributed by atoms with Crippen molar-refractivity contribution in [3.63, 3.8) is 0 Å². The van der Waals surface area contributed by atoms with Gasteiger partial charge in [-0.3, -0.25) is 0 Å². The fraction of sp³-hybridized carbons (Fsp3) is 1.00. The monoisotopic (exact) mass is 267 g/mol. The lowest BCUT2D eigenvalue weighted by molar-refractivity contribution is 0.128. The standard InChI is InChI=1S/C18H37N/c1-4-7-8-9-10-13-17(12-5-2)18-14-11-15-19(6-3)16-18/h17-18H,4-16H2,1-3H3/t17?,18-/m0/s1. The molecule has 1 rings (SSSR count). The van der Waals surface area contributed by atoms with E-state index in [0.29, 0.717) is 0 Å². The Labute approximate surface area is 122 Å². The van der Waals surface area contributed by atoms with Crippen LogP contribution in [0.1, 0.15) is 85.0 Å². The minimum absolute atomic E-state index is 1.000. The van der Waals surface area contributed by atoms with Crippen LogP contribution < -0.4 is 0 Å². The minimum Gasteiger partial charge on any atom is -0.303 e. The lowest BCUT2D eigenvalue weighted by atomic mass is 9.80. The first kappa shape index (κ1) is 17.0. The Morgan fingerprint density at radius 2 is 1.74 bits per heavy atom. The van der Waals surface area contributed by atoms with Crippen molar-refractivity contribution in [2.45, 2.75) is 85.0 Å². The van der Waals surface area contributed by atoms with Crippen LogP contribution in [0.2, 0.25) is 0 Å². The summed E-state index contributed by atoms with van der Waals surface area (Å²) in [7, 11) is 0. The zero-order valence-corrected chi connectivity index (χ0v) is 13.8. The van der Waals surface area contributed by atoms with Gasteiger partial charge in [0.05, 0.1) is 0 Å². The van der Waals surface area contributed by atoms with E-state index >= 15 is 0 Å². The maximum absolute atomic E-state index is 2.67. The Bertz CT molecular complexity index is 202. The molecule has 1 saturated heterocycles. The summed E-state index contributed by atoms with van der Waals surface area (Å²) < 4.78 is 0. The zero-order valence-electron chi connectivity index (χ0n) is 13.8. The van der Waals surface area contributed by atoms with Gasteiger partial charge in [-0.15, -0.1) is 0 Å². The molecule has 0 amide bonds. The van der Waals surface area contributed by atoms with Gasteiger partial charge in [-0.2, -0.15) is 0 Å². The topological polar surface area (TPSA) is 3.24 Å². The summed E-state index contributed by atoms with van der Waals surface area (Å²) >= 11 is 0. The van der Waals surface area contributed by atoms with E-state index < -0.39 is 0 Å². The zero-order chi connectivity index (χ0) is 13.9. The predicted octanol–water partition coefficient (Wildman–Crippen LogP) is 5.50. The number of hydrogen-bond acceptors (Lipinski definition) is 1. The minimum atomic E-state index is 1.000. The van der Waals surface area contributed by atoms with Crippen molar-refractivity contribution in [2.75, 3.05) is 19.6 Å².